The standard InChI is InChI=1S/C17H18ClN3O/c1-17(22,13-7-3-2-4-8-13)12-19-11-14-16(18)20-15-9-5-6-10-21(14)15/h2-10,19,22H,11-12H2,1H3. The second-order valence-corrected chi connectivity index (χ2v) is 5.88. The third kappa shape index (κ3) is 2.99. The Morgan fingerprint density at radius 2 is 1.91 bits per heavy atom. The molecule has 0 aliphatic heterocycles. The average Bonchev–Trinajstić information content (AvgIpc) is 2.84. The zero-order chi connectivity index (χ0) is 15.6. The van der Waals surface area contributed by atoms with Crippen LogP contribution in [0.25, 0.3) is 5.65 Å². The number of imidazole rings is 1. The molecule has 3 rings (SSSR count). The maximum absolute atomic E-state index is 10.6. The van der Waals surface area contributed by atoms with Crippen molar-refractivity contribution in [3.8, 4) is 0 Å². The van der Waals surface area contributed by atoms with E-state index in [4.69, 9.17) is 11.6 Å². The van der Waals surface area contributed by atoms with Crippen LogP contribution >= 0.6 is 11.6 Å². The summed E-state index contributed by atoms with van der Waals surface area (Å²) in [5.74, 6) is 0. The van der Waals surface area contributed by atoms with Gasteiger partial charge in [-0.25, -0.2) is 4.98 Å². The molecule has 0 radical (unpaired) electrons. The quantitative estimate of drug-likeness (QED) is 0.761. The predicted octanol–water partition coefficient (Wildman–Crippen LogP) is 2.99. The van der Waals surface area contributed by atoms with Gasteiger partial charge in [0.25, 0.3) is 0 Å². The normalized spacial score (nSPS) is 14.1. The molecular weight excluding hydrogens is 298 g/mol. The van der Waals surface area contributed by atoms with Crippen LogP contribution in [0.4, 0.5) is 0 Å². The molecule has 22 heavy (non-hydrogen) atoms. The van der Waals surface area contributed by atoms with E-state index in [2.05, 4.69) is 10.3 Å². The van der Waals surface area contributed by atoms with E-state index in [-0.39, 0.29) is 0 Å². The van der Waals surface area contributed by atoms with Crippen molar-refractivity contribution in [2.75, 3.05) is 6.54 Å². The largest absolute Gasteiger partial charge is 0.384 e. The minimum Gasteiger partial charge on any atom is -0.384 e. The second-order valence-electron chi connectivity index (χ2n) is 5.52. The zero-order valence-corrected chi connectivity index (χ0v) is 13.1. The van der Waals surface area contributed by atoms with Gasteiger partial charge < -0.3 is 14.8 Å². The van der Waals surface area contributed by atoms with Crippen LogP contribution in [0, 0.1) is 0 Å². The number of benzene rings is 1. The molecule has 0 saturated carbocycles. The lowest BCUT2D eigenvalue weighted by atomic mass is 9.96. The Kier molecular flexibility index (Phi) is 4.16. The zero-order valence-electron chi connectivity index (χ0n) is 12.3. The van der Waals surface area contributed by atoms with Gasteiger partial charge >= 0.3 is 0 Å². The first-order chi connectivity index (χ1) is 10.6. The fourth-order valence-electron chi connectivity index (χ4n) is 2.50. The molecule has 0 aliphatic rings. The molecule has 5 heteroatoms. The molecule has 0 spiro atoms. The number of fused-ring (bicyclic) bond motifs is 1. The Balaban J connectivity index is 1.71. The average molecular weight is 316 g/mol. The summed E-state index contributed by atoms with van der Waals surface area (Å²) in [6.07, 6.45) is 1.93. The van der Waals surface area contributed by atoms with Gasteiger partial charge in [-0.1, -0.05) is 48.0 Å². The molecule has 0 amide bonds. The van der Waals surface area contributed by atoms with Gasteiger partial charge in [0.15, 0.2) is 5.15 Å². The monoisotopic (exact) mass is 315 g/mol. The number of aliphatic hydroxyl groups is 1. The van der Waals surface area contributed by atoms with Crippen LogP contribution in [0.5, 0.6) is 0 Å². The van der Waals surface area contributed by atoms with Crippen LogP contribution in [0.15, 0.2) is 54.7 Å². The van der Waals surface area contributed by atoms with Gasteiger partial charge in [-0.2, -0.15) is 0 Å². The van der Waals surface area contributed by atoms with Crippen LogP contribution < -0.4 is 5.32 Å². The Morgan fingerprint density at radius 3 is 2.68 bits per heavy atom. The van der Waals surface area contributed by atoms with Crippen molar-refractivity contribution in [3.63, 3.8) is 0 Å². The number of hydrogen-bond acceptors (Lipinski definition) is 3. The minimum atomic E-state index is -0.936. The van der Waals surface area contributed by atoms with Gasteiger partial charge in [-0.3, -0.25) is 0 Å². The number of nitrogens with zero attached hydrogens (tertiary/aromatic N) is 2. The number of hydrogen-bond donors (Lipinski definition) is 2. The van der Waals surface area contributed by atoms with Gasteiger partial charge in [0.05, 0.1) is 11.3 Å². The van der Waals surface area contributed by atoms with Gasteiger partial charge in [0.1, 0.15) is 5.65 Å². The molecular formula is C17H18ClN3O. The fraction of sp³-hybridized carbons (Fsp3) is 0.235. The predicted molar refractivity (Wildman–Crippen MR) is 87.9 cm³/mol. The van der Waals surface area contributed by atoms with Crippen LogP contribution in [0.1, 0.15) is 18.2 Å². The maximum atomic E-state index is 10.6. The molecule has 0 fully saturated rings. The summed E-state index contributed by atoms with van der Waals surface area (Å²) in [6, 6.07) is 15.4. The molecule has 2 heterocycles. The highest BCUT2D eigenvalue weighted by atomic mass is 35.5. The minimum absolute atomic E-state index is 0.424. The van der Waals surface area contributed by atoms with Crippen molar-refractivity contribution in [1.29, 1.82) is 0 Å². The molecule has 0 bridgehead atoms. The molecule has 0 saturated heterocycles. The lowest BCUT2D eigenvalue weighted by Gasteiger charge is -2.24. The van der Waals surface area contributed by atoms with E-state index in [0.29, 0.717) is 18.2 Å². The van der Waals surface area contributed by atoms with Crippen molar-refractivity contribution in [2.24, 2.45) is 0 Å². The number of pyridine rings is 1. The molecule has 1 aromatic carbocycles. The fourth-order valence-corrected chi connectivity index (χ4v) is 2.74. The lowest BCUT2D eigenvalue weighted by Crippen LogP contribution is -2.35. The summed E-state index contributed by atoms with van der Waals surface area (Å²) in [6.45, 7) is 2.76. The molecule has 3 aromatic rings. The second kappa shape index (κ2) is 6.08. The molecule has 4 nitrogen and oxygen atoms in total. The first kappa shape index (κ1) is 15.0. The molecule has 114 valence electrons. The van der Waals surface area contributed by atoms with Crippen molar-refractivity contribution >= 4 is 17.2 Å². The maximum Gasteiger partial charge on any atom is 0.152 e. The summed E-state index contributed by atoms with van der Waals surface area (Å²) in [5, 5.41) is 14.3. The van der Waals surface area contributed by atoms with Crippen LogP contribution in [0.3, 0.4) is 0 Å². The summed E-state index contributed by atoms with van der Waals surface area (Å²) >= 11 is 6.20. The molecule has 2 N–H and O–H groups in total. The topological polar surface area (TPSA) is 49.6 Å². The number of aromatic nitrogens is 2. The Hall–Kier alpha value is -1.88. The number of halogens is 1. The van der Waals surface area contributed by atoms with Crippen molar-refractivity contribution in [3.05, 3.63) is 71.1 Å². The van der Waals surface area contributed by atoms with Gasteiger partial charge in [0, 0.05) is 19.3 Å². The third-order valence-electron chi connectivity index (χ3n) is 3.74. The van der Waals surface area contributed by atoms with Crippen LogP contribution in [-0.4, -0.2) is 21.0 Å². The lowest BCUT2D eigenvalue weighted by molar-refractivity contribution is 0.0566. The van der Waals surface area contributed by atoms with Gasteiger partial charge in [0.2, 0.25) is 0 Å². The summed E-state index contributed by atoms with van der Waals surface area (Å²) in [4.78, 5) is 4.31. The number of nitrogens with one attached hydrogen (secondary N) is 1. The van der Waals surface area contributed by atoms with Crippen LogP contribution in [-0.2, 0) is 12.1 Å². The highest BCUT2D eigenvalue weighted by Crippen LogP contribution is 2.20. The highest BCUT2D eigenvalue weighted by Gasteiger charge is 2.22. The summed E-state index contributed by atoms with van der Waals surface area (Å²) < 4.78 is 1.95. The molecule has 1 atom stereocenters. The van der Waals surface area contributed by atoms with E-state index in [1.54, 1.807) is 6.92 Å². The van der Waals surface area contributed by atoms with E-state index >= 15 is 0 Å². The van der Waals surface area contributed by atoms with Gasteiger partial charge in [-0.05, 0) is 24.6 Å². The highest BCUT2D eigenvalue weighted by molar-refractivity contribution is 6.30. The Bertz CT molecular complexity index is 768. The first-order valence-corrected chi connectivity index (χ1v) is 7.56. The van der Waals surface area contributed by atoms with E-state index in [9.17, 15) is 5.11 Å². The van der Waals surface area contributed by atoms with Gasteiger partial charge in [-0.15, -0.1) is 0 Å². The molecule has 0 aliphatic carbocycles. The van der Waals surface area contributed by atoms with E-state index in [0.717, 1.165) is 16.9 Å². The third-order valence-corrected chi connectivity index (χ3v) is 4.04. The number of rotatable bonds is 5. The van der Waals surface area contributed by atoms with E-state index in [1.165, 1.54) is 0 Å². The molecule has 2 aromatic heterocycles. The summed E-state index contributed by atoms with van der Waals surface area (Å²) in [5.41, 5.74) is 1.65. The van der Waals surface area contributed by atoms with E-state index < -0.39 is 5.60 Å². The first-order valence-electron chi connectivity index (χ1n) is 7.18. The Morgan fingerprint density at radius 1 is 1.18 bits per heavy atom. The molecule has 1 unspecified atom stereocenters. The van der Waals surface area contributed by atoms with Crippen LogP contribution in [0.2, 0.25) is 5.15 Å². The van der Waals surface area contributed by atoms with Crippen molar-refractivity contribution < 1.29 is 5.11 Å². The summed E-state index contributed by atoms with van der Waals surface area (Å²) in [7, 11) is 0. The van der Waals surface area contributed by atoms with Crippen molar-refractivity contribution in [1.82, 2.24) is 14.7 Å². The SMILES string of the molecule is CC(O)(CNCc1c(Cl)nc2ccccn12)c1ccccc1. The van der Waals surface area contributed by atoms with E-state index in [1.807, 2.05) is 59.1 Å². The van der Waals surface area contributed by atoms with Crippen molar-refractivity contribution in [2.45, 2.75) is 19.1 Å². The Labute approximate surface area is 134 Å². The smallest absolute Gasteiger partial charge is 0.152 e.